The lowest BCUT2D eigenvalue weighted by atomic mass is 9.81. The zero-order valence-electron chi connectivity index (χ0n) is 19.1. The summed E-state index contributed by atoms with van der Waals surface area (Å²) in [7, 11) is 1.59. The van der Waals surface area contributed by atoms with Crippen LogP contribution in [0.25, 0.3) is 16.8 Å². The molecule has 1 aliphatic rings. The highest BCUT2D eigenvalue weighted by Crippen LogP contribution is 2.32. The molecule has 3 rings (SSSR count). The number of allylic oxidation sites excluding steroid dienone is 2. The van der Waals surface area contributed by atoms with Crippen LogP contribution in [0.5, 0.6) is 5.88 Å². The van der Waals surface area contributed by atoms with E-state index in [0.717, 1.165) is 24.0 Å². The van der Waals surface area contributed by atoms with Gasteiger partial charge in [-0.2, -0.15) is 5.10 Å². The number of nitrogens with zero attached hydrogens (tertiary/aromatic N) is 3. The molecule has 5 N–H and O–H groups in total. The van der Waals surface area contributed by atoms with Crippen molar-refractivity contribution < 1.29 is 9.47 Å². The summed E-state index contributed by atoms with van der Waals surface area (Å²) in [6.45, 7) is 8.71. The van der Waals surface area contributed by atoms with E-state index < -0.39 is 0 Å². The van der Waals surface area contributed by atoms with Crippen molar-refractivity contribution in [1.29, 1.82) is 0 Å². The Bertz CT molecular complexity index is 1000. The first-order valence-electron chi connectivity index (χ1n) is 10.4. The number of nitrogens with two attached hydrogens (primary N) is 2. The molecule has 10 heteroatoms. The topological polar surface area (TPSA) is 113 Å². The SMILES string of the molecule is COc1nc(/C(N)=C/C=C(\N)OC2CC(C)(C)NC(C)(C)C2)ccc1-c1cnn(PI)c1. The molecule has 1 atom stereocenters. The maximum atomic E-state index is 6.26. The molecule has 1 unspecified atom stereocenters. The summed E-state index contributed by atoms with van der Waals surface area (Å²) in [6.07, 6.45) is 9.48. The van der Waals surface area contributed by atoms with Crippen molar-refractivity contribution in [1.82, 2.24) is 19.9 Å². The highest BCUT2D eigenvalue weighted by Gasteiger charge is 2.38. The molecule has 0 bridgehead atoms. The van der Waals surface area contributed by atoms with Crippen LogP contribution in [0.3, 0.4) is 0 Å². The van der Waals surface area contributed by atoms with Crippen molar-refractivity contribution in [3.8, 4) is 17.0 Å². The second-order valence-electron chi connectivity index (χ2n) is 9.24. The summed E-state index contributed by atoms with van der Waals surface area (Å²) in [5.74, 6) is 0.824. The normalized spacial score (nSPS) is 19.4. The fourth-order valence-electron chi connectivity index (χ4n) is 4.29. The molecular weight excluding hydrogens is 538 g/mol. The molecule has 0 saturated carbocycles. The van der Waals surface area contributed by atoms with Crippen LogP contribution in [0.15, 0.2) is 42.6 Å². The number of aromatic nitrogens is 3. The molecule has 0 amide bonds. The molecule has 1 fully saturated rings. The number of pyridine rings is 1. The lowest BCUT2D eigenvalue weighted by molar-refractivity contribution is 0.0130. The fraction of sp³-hybridized carbons (Fsp3) is 0.455. The van der Waals surface area contributed by atoms with Crippen molar-refractivity contribution >= 4 is 34.1 Å². The van der Waals surface area contributed by atoms with Gasteiger partial charge in [0.2, 0.25) is 5.88 Å². The Labute approximate surface area is 204 Å². The van der Waals surface area contributed by atoms with E-state index >= 15 is 0 Å². The standard InChI is InChI=1S/C22H32IN6O2P/c1-21(2)10-15(11-22(3,4)28-21)31-19(25)9-7-17(24)18-8-6-16(20(27-18)30-5)14-12-26-29(13-14)32-23/h6-9,12-13,15,28,32H,10-11,24-25H2,1-5H3/b17-7-,19-9+. The summed E-state index contributed by atoms with van der Waals surface area (Å²) in [6, 6.07) is 3.79. The Balaban J connectivity index is 1.74. The highest BCUT2D eigenvalue weighted by atomic mass is 127. The molecular formula is C22H32IN6O2P. The zero-order chi connectivity index (χ0) is 23.5. The van der Waals surface area contributed by atoms with Crippen LogP contribution in [0.2, 0.25) is 0 Å². The van der Waals surface area contributed by atoms with Gasteiger partial charge in [0.25, 0.3) is 0 Å². The average Bonchev–Trinajstić information content (AvgIpc) is 3.18. The van der Waals surface area contributed by atoms with Crippen LogP contribution in [0.4, 0.5) is 0 Å². The first-order valence-corrected chi connectivity index (χ1v) is 14.4. The monoisotopic (exact) mass is 570 g/mol. The van der Waals surface area contributed by atoms with E-state index in [1.807, 2.05) is 22.8 Å². The highest BCUT2D eigenvalue weighted by molar-refractivity contribution is 14.2. The van der Waals surface area contributed by atoms with Gasteiger partial charge in [0.05, 0.1) is 31.1 Å². The molecule has 1 aliphatic heterocycles. The lowest BCUT2D eigenvalue weighted by Crippen LogP contribution is -2.59. The Morgan fingerprint density at radius 1 is 1.22 bits per heavy atom. The minimum atomic E-state index is -0.0164. The third kappa shape index (κ3) is 6.36. The van der Waals surface area contributed by atoms with E-state index in [9.17, 15) is 0 Å². The number of hydrogen-bond donors (Lipinski definition) is 3. The maximum Gasteiger partial charge on any atom is 0.221 e. The molecule has 3 heterocycles. The largest absolute Gasteiger partial charge is 0.481 e. The molecule has 2 aromatic heterocycles. The first-order chi connectivity index (χ1) is 15.0. The van der Waals surface area contributed by atoms with Crippen molar-refractivity contribution in [2.45, 2.75) is 57.7 Å². The smallest absolute Gasteiger partial charge is 0.221 e. The van der Waals surface area contributed by atoms with E-state index in [2.05, 4.69) is 65.1 Å². The first kappa shape index (κ1) is 24.8. The van der Waals surface area contributed by atoms with Crippen LogP contribution < -0.4 is 21.5 Å². The molecule has 174 valence electrons. The van der Waals surface area contributed by atoms with Gasteiger partial charge in [-0.1, -0.05) is 0 Å². The Hall–Kier alpha value is -1.84. The van der Waals surface area contributed by atoms with Crippen molar-refractivity contribution in [2.24, 2.45) is 11.5 Å². The summed E-state index contributed by atoms with van der Waals surface area (Å²) >= 11 is 2.28. The van der Waals surface area contributed by atoms with Gasteiger partial charge in [-0.25, -0.2) is 9.44 Å². The number of hydrogen-bond acceptors (Lipinski definition) is 7. The van der Waals surface area contributed by atoms with Gasteiger partial charge in [0.15, 0.2) is 5.88 Å². The van der Waals surface area contributed by atoms with Gasteiger partial charge < -0.3 is 26.3 Å². The second kappa shape index (κ2) is 9.97. The van der Waals surface area contributed by atoms with Crippen LogP contribution in [-0.4, -0.2) is 38.8 Å². The van der Waals surface area contributed by atoms with E-state index in [-0.39, 0.29) is 17.2 Å². The fourth-order valence-corrected chi connectivity index (χ4v) is 5.37. The number of piperidine rings is 1. The number of halogens is 1. The number of rotatable bonds is 7. The molecule has 2 aromatic rings. The third-order valence-electron chi connectivity index (χ3n) is 5.21. The quantitative estimate of drug-likeness (QED) is 0.198. The maximum absolute atomic E-state index is 6.26. The van der Waals surface area contributed by atoms with E-state index in [4.69, 9.17) is 20.9 Å². The Kier molecular flexibility index (Phi) is 7.73. The second-order valence-corrected chi connectivity index (χ2v) is 11.3. The van der Waals surface area contributed by atoms with Gasteiger partial charge in [0.1, 0.15) is 6.10 Å². The van der Waals surface area contributed by atoms with Crippen molar-refractivity contribution in [3.05, 3.63) is 48.3 Å². The number of ether oxygens (including phenoxy) is 2. The van der Waals surface area contributed by atoms with Gasteiger partial charge in [-0.15, -0.1) is 0 Å². The summed E-state index contributed by atoms with van der Waals surface area (Å²) in [5, 5.41) is 7.96. The summed E-state index contributed by atoms with van der Waals surface area (Å²) in [5.41, 5.74) is 15.2. The number of methoxy groups -OCH3 is 1. The molecule has 0 radical (unpaired) electrons. The van der Waals surface area contributed by atoms with E-state index in [1.54, 1.807) is 25.5 Å². The Morgan fingerprint density at radius 2 is 1.91 bits per heavy atom. The van der Waals surface area contributed by atoms with Crippen molar-refractivity contribution in [2.75, 3.05) is 7.11 Å². The molecule has 0 aliphatic carbocycles. The summed E-state index contributed by atoms with van der Waals surface area (Å²) in [4.78, 5) is 4.56. The predicted molar refractivity (Wildman–Crippen MR) is 140 cm³/mol. The van der Waals surface area contributed by atoms with Crippen molar-refractivity contribution in [3.63, 3.8) is 0 Å². The average molecular weight is 570 g/mol. The van der Waals surface area contributed by atoms with Gasteiger partial charge >= 0.3 is 0 Å². The van der Waals surface area contributed by atoms with Crippen LogP contribution in [0, 0.1) is 0 Å². The van der Waals surface area contributed by atoms with E-state index in [1.165, 1.54) is 0 Å². The molecule has 0 spiro atoms. The van der Waals surface area contributed by atoms with Gasteiger partial charge in [0, 0.05) is 41.2 Å². The zero-order valence-corrected chi connectivity index (χ0v) is 22.3. The third-order valence-corrected chi connectivity index (χ3v) is 7.11. The van der Waals surface area contributed by atoms with Crippen LogP contribution in [0.1, 0.15) is 46.2 Å². The minimum Gasteiger partial charge on any atom is -0.481 e. The molecule has 32 heavy (non-hydrogen) atoms. The predicted octanol–water partition coefficient (Wildman–Crippen LogP) is 4.17. The summed E-state index contributed by atoms with van der Waals surface area (Å²) < 4.78 is 13.4. The van der Waals surface area contributed by atoms with Crippen LogP contribution >= 0.6 is 28.4 Å². The molecule has 0 aromatic carbocycles. The lowest BCUT2D eigenvalue weighted by Gasteiger charge is -2.46. The number of nitrogens with one attached hydrogen (secondary N) is 1. The Morgan fingerprint density at radius 3 is 2.50 bits per heavy atom. The molecule has 8 nitrogen and oxygen atoms in total. The van der Waals surface area contributed by atoms with Crippen LogP contribution in [-0.2, 0) is 4.74 Å². The minimum absolute atomic E-state index is 0.0164. The molecule has 1 saturated heterocycles. The van der Waals surface area contributed by atoms with Gasteiger partial charge in [-0.3, -0.25) is 0 Å². The van der Waals surface area contributed by atoms with Gasteiger partial charge in [-0.05, 0) is 74.0 Å². The van der Waals surface area contributed by atoms with E-state index in [0.29, 0.717) is 29.5 Å².